The van der Waals surface area contributed by atoms with Crippen molar-refractivity contribution in [1.82, 2.24) is 4.98 Å². The zero-order valence-corrected chi connectivity index (χ0v) is 11.7. The molecule has 0 saturated heterocycles. The summed E-state index contributed by atoms with van der Waals surface area (Å²) in [6.07, 6.45) is 0. The van der Waals surface area contributed by atoms with Gasteiger partial charge in [-0.2, -0.15) is 5.26 Å². The van der Waals surface area contributed by atoms with Gasteiger partial charge in [-0.15, -0.1) is 0 Å². The standard InChI is InChI=1S/C14H12BrN3/c1-9-7-14(13(8-16)10(2)17-9)18-12-5-3-11(15)4-6-12/h3-7H,1-2H3,(H,17,18). The van der Waals surface area contributed by atoms with Crippen molar-refractivity contribution in [2.24, 2.45) is 0 Å². The Morgan fingerprint density at radius 2 is 1.89 bits per heavy atom. The Kier molecular flexibility index (Phi) is 3.63. The zero-order chi connectivity index (χ0) is 13.1. The molecule has 2 rings (SSSR count). The molecule has 2 aromatic rings. The molecule has 0 saturated carbocycles. The Hall–Kier alpha value is -1.86. The highest BCUT2D eigenvalue weighted by Gasteiger charge is 2.08. The quantitative estimate of drug-likeness (QED) is 0.909. The molecule has 0 aliphatic carbocycles. The molecular formula is C14H12BrN3. The summed E-state index contributed by atoms with van der Waals surface area (Å²) in [5.74, 6) is 0. The second-order valence-electron chi connectivity index (χ2n) is 4.02. The van der Waals surface area contributed by atoms with Crippen molar-refractivity contribution in [2.45, 2.75) is 13.8 Å². The predicted octanol–water partition coefficient (Wildman–Crippen LogP) is 4.08. The predicted molar refractivity (Wildman–Crippen MR) is 75.9 cm³/mol. The molecule has 1 aromatic heterocycles. The van der Waals surface area contributed by atoms with E-state index in [9.17, 15) is 5.26 Å². The van der Waals surface area contributed by atoms with Crippen LogP contribution in [0.4, 0.5) is 11.4 Å². The van der Waals surface area contributed by atoms with Gasteiger partial charge in [0.15, 0.2) is 0 Å². The van der Waals surface area contributed by atoms with E-state index < -0.39 is 0 Å². The van der Waals surface area contributed by atoms with Crippen LogP contribution < -0.4 is 5.32 Å². The molecule has 0 aliphatic rings. The summed E-state index contributed by atoms with van der Waals surface area (Å²) in [4.78, 5) is 4.29. The van der Waals surface area contributed by atoms with Crippen LogP contribution in [0.5, 0.6) is 0 Å². The highest BCUT2D eigenvalue weighted by Crippen LogP contribution is 2.24. The molecule has 3 nitrogen and oxygen atoms in total. The molecule has 1 N–H and O–H groups in total. The van der Waals surface area contributed by atoms with Crippen molar-refractivity contribution < 1.29 is 0 Å². The van der Waals surface area contributed by atoms with Crippen molar-refractivity contribution in [1.29, 1.82) is 5.26 Å². The van der Waals surface area contributed by atoms with Crippen molar-refractivity contribution >= 4 is 27.3 Å². The van der Waals surface area contributed by atoms with E-state index in [1.165, 1.54) is 0 Å². The summed E-state index contributed by atoms with van der Waals surface area (Å²) >= 11 is 3.39. The monoisotopic (exact) mass is 301 g/mol. The van der Waals surface area contributed by atoms with Crippen LogP contribution in [0.3, 0.4) is 0 Å². The molecule has 90 valence electrons. The van der Waals surface area contributed by atoms with Crippen molar-refractivity contribution in [3.05, 3.63) is 51.8 Å². The summed E-state index contributed by atoms with van der Waals surface area (Å²) in [7, 11) is 0. The first kappa shape index (κ1) is 12.6. The number of benzene rings is 1. The highest BCUT2D eigenvalue weighted by atomic mass is 79.9. The van der Waals surface area contributed by atoms with Crippen LogP contribution in [-0.4, -0.2) is 4.98 Å². The lowest BCUT2D eigenvalue weighted by atomic mass is 10.1. The highest BCUT2D eigenvalue weighted by molar-refractivity contribution is 9.10. The lowest BCUT2D eigenvalue weighted by Gasteiger charge is -2.10. The first-order valence-corrected chi connectivity index (χ1v) is 6.30. The van der Waals surface area contributed by atoms with E-state index in [4.69, 9.17) is 0 Å². The number of aromatic nitrogens is 1. The fourth-order valence-electron chi connectivity index (χ4n) is 1.76. The molecule has 18 heavy (non-hydrogen) atoms. The topological polar surface area (TPSA) is 48.7 Å². The molecule has 0 radical (unpaired) electrons. The summed E-state index contributed by atoms with van der Waals surface area (Å²) in [6, 6.07) is 11.9. The molecule has 1 aromatic carbocycles. The van der Waals surface area contributed by atoms with Crippen LogP contribution >= 0.6 is 15.9 Å². The minimum Gasteiger partial charge on any atom is -0.354 e. The number of aryl methyl sites for hydroxylation is 2. The average molecular weight is 302 g/mol. The third kappa shape index (κ3) is 2.69. The van der Waals surface area contributed by atoms with E-state index in [-0.39, 0.29) is 0 Å². The number of hydrogen-bond acceptors (Lipinski definition) is 3. The van der Waals surface area contributed by atoms with Gasteiger partial charge in [-0.25, -0.2) is 0 Å². The number of halogens is 1. The van der Waals surface area contributed by atoms with Crippen LogP contribution in [0.2, 0.25) is 0 Å². The van der Waals surface area contributed by atoms with E-state index in [1.807, 2.05) is 44.2 Å². The van der Waals surface area contributed by atoms with E-state index in [2.05, 4.69) is 32.3 Å². The van der Waals surface area contributed by atoms with E-state index in [0.717, 1.165) is 27.2 Å². The summed E-state index contributed by atoms with van der Waals surface area (Å²) in [5.41, 5.74) is 3.97. The van der Waals surface area contributed by atoms with Gasteiger partial charge in [0.05, 0.1) is 16.9 Å². The smallest absolute Gasteiger partial charge is 0.103 e. The number of nitriles is 1. The Balaban J connectivity index is 2.40. The molecule has 0 amide bonds. The molecular weight excluding hydrogens is 290 g/mol. The van der Waals surface area contributed by atoms with Gasteiger partial charge in [0.25, 0.3) is 0 Å². The first-order chi connectivity index (χ1) is 8.60. The molecule has 4 heteroatoms. The van der Waals surface area contributed by atoms with Gasteiger partial charge < -0.3 is 5.32 Å². The van der Waals surface area contributed by atoms with Gasteiger partial charge in [0.2, 0.25) is 0 Å². The van der Waals surface area contributed by atoms with Gasteiger partial charge in [0.1, 0.15) is 6.07 Å². The fourth-order valence-corrected chi connectivity index (χ4v) is 2.02. The van der Waals surface area contributed by atoms with Crippen LogP contribution in [0.25, 0.3) is 0 Å². The Morgan fingerprint density at radius 3 is 2.50 bits per heavy atom. The lowest BCUT2D eigenvalue weighted by Crippen LogP contribution is -1.99. The summed E-state index contributed by atoms with van der Waals surface area (Å²) < 4.78 is 1.02. The van der Waals surface area contributed by atoms with Gasteiger partial charge in [-0.1, -0.05) is 15.9 Å². The van der Waals surface area contributed by atoms with Gasteiger partial charge in [0, 0.05) is 15.9 Å². The third-order valence-corrected chi connectivity index (χ3v) is 3.09. The lowest BCUT2D eigenvalue weighted by molar-refractivity contribution is 1.11. The van der Waals surface area contributed by atoms with Crippen molar-refractivity contribution in [2.75, 3.05) is 5.32 Å². The molecule has 0 bridgehead atoms. The van der Waals surface area contributed by atoms with Gasteiger partial charge in [-0.3, -0.25) is 4.98 Å². The maximum atomic E-state index is 9.17. The number of nitrogens with zero attached hydrogens (tertiary/aromatic N) is 2. The molecule has 0 spiro atoms. The second kappa shape index (κ2) is 5.19. The van der Waals surface area contributed by atoms with Gasteiger partial charge >= 0.3 is 0 Å². The molecule has 0 atom stereocenters. The molecule has 0 aliphatic heterocycles. The molecule has 1 heterocycles. The molecule has 0 fully saturated rings. The van der Waals surface area contributed by atoms with Crippen LogP contribution in [0.1, 0.15) is 17.0 Å². The first-order valence-electron chi connectivity index (χ1n) is 5.51. The number of nitrogens with one attached hydrogen (secondary N) is 1. The SMILES string of the molecule is Cc1cc(Nc2ccc(Br)cc2)c(C#N)c(C)n1. The Labute approximate surface area is 115 Å². The van der Waals surface area contributed by atoms with E-state index in [1.54, 1.807) is 0 Å². The Bertz CT molecular complexity index is 612. The van der Waals surface area contributed by atoms with E-state index >= 15 is 0 Å². The average Bonchev–Trinajstić information content (AvgIpc) is 2.32. The molecule has 0 unspecified atom stereocenters. The number of hydrogen-bond donors (Lipinski definition) is 1. The second-order valence-corrected chi connectivity index (χ2v) is 4.93. The maximum Gasteiger partial charge on any atom is 0.103 e. The number of anilines is 2. The number of pyridine rings is 1. The normalized spacial score (nSPS) is 9.89. The zero-order valence-electron chi connectivity index (χ0n) is 10.2. The number of rotatable bonds is 2. The minimum atomic E-state index is 0.587. The van der Waals surface area contributed by atoms with Crippen molar-refractivity contribution in [3.8, 4) is 6.07 Å². The van der Waals surface area contributed by atoms with Crippen LogP contribution in [0.15, 0.2) is 34.8 Å². The fraction of sp³-hybridized carbons (Fsp3) is 0.143. The summed E-state index contributed by atoms with van der Waals surface area (Å²) in [6.45, 7) is 3.76. The summed E-state index contributed by atoms with van der Waals surface area (Å²) in [5, 5.41) is 12.4. The van der Waals surface area contributed by atoms with Crippen LogP contribution in [-0.2, 0) is 0 Å². The Morgan fingerprint density at radius 1 is 1.22 bits per heavy atom. The van der Waals surface area contributed by atoms with Crippen molar-refractivity contribution in [3.63, 3.8) is 0 Å². The van der Waals surface area contributed by atoms with Crippen LogP contribution in [0, 0.1) is 25.2 Å². The largest absolute Gasteiger partial charge is 0.354 e. The van der Waals surface area contributed by atoms with Gasteiger partial charge in [-0.05, 0) is 44.2 Å². The third-order valence-electron chi connectivity index (χ3n) is 2.56. The minimum absolute atomic E-state index is 0.587. The van der Waals surface area contributed by atoms with E-state index in [0.29, 0.717) is 5.56 Å². The maximum absolute atomic E-state index is 9.17.